The number of hydrogen-bond donors (Lipinski definition) is 5. The second-order valence-electron chi connectivity index (χ2n) is 7.63. The van der Waals surface area contributed by atoms with E-state index in [2.05, 4.69) is 46.3 Å². The molecule has 2 aromatic rings. The molecule has 1 unspecified atom stereocenters. The van der Waals surface area contributed by atoms with Crippen LogP contribution in [0.4, 0.5) is 17.8 Å². The molecule has 192 valence electrons. The zero-order valence-electron chi connectivity index (χ0n) is 19.5. The number of rotatable bonds is 5. The maximum absolute atomic E-state index is 4.85. The van der Waals surface area contributed by atoms with Gasteiger partial charge in [0.15, 0.2) is 0 Å². The van der Waals surface area contributed by atoms with Gasteiger partial charge in [0.25, 0.3) is 0 Å². The molecule has 0 radical (unpaired) electrons. The highest BCUT2D eigenvalue weighted by molar-refractivity contribution is 5.85. The number of nitrogens with one attached hydrogen (secondary N) is 1. The Morgan fingerprint density at radius 2 is 1.16 bits per heavy atom. The van der Waals surface area contributed by atoms with Gasteiger partial charge in [-0.1, -0.05) is 30.3 Å². The second kappa shape index (κ2) is 15.5. The highest BCUT2D eigenvalue weighted by atomic mass is 35.5. The minimum Gasteiger partial charge on any atom is -0.348 e. The maximum atomic E-state index is 4.85. The van der Waals surface area contributed by atoms with E-state index in [0.29, 0.717) is 5.95 Å². The maximum Gasteiger partial charge on any atom is 0.231 e. The van der Waals surface area contributed by atoms with Crippen LogP contribution in [0.5, 0.6) is 0 Å². The topological polar surface area (TPSA) is 197 Å². The predicted octanol–water partition coefficient (Wildman–Crippen LogP) is 6.08. The lowest BCUT2D eigenvalue weighted by atomic mass is 10.1. The molecule has 4 rings (SSSR count). The van der Waals surface area contributed by atoms with Crippen LogP contribution in [0.3, 0.4) is 0 Å². The van der Waals surface area contributed by atoms with Gasteiger partial charge < -0.3 is 39.7 Å². The monoisotopic (exact) mass is 478 g/mol. The Bertz CT molecular complexity index is 718. The fourth-order valence-corrected chi connectivity index (χ4v) is 3.91. The smallest absolute Gasteiger partial charge is 0.231 e. The van der Waals surface area contributed by atoms with Crippen molar-refractivity contribution in [3.63, 3.8) is 0 Å². The first-order valence-electron chi connectivity index (χ1n) is 10.4. The van der Waals surface area contributed by atoms with Crippen molar-refractivity contribution in [2.45, 2.75) is 51.5 Å². The van der Waals surface area contributed by atoms with Gasteiger partial charge in [0.1, 0.15) is 0 Å². The summed E-state index contributed by atoms with van der Waals surface area (Å²) >= 11 is 0. The molecule has 2 saturated heterocycles. The van der Waals surface area contributed by atoms with E-state index in [1.807, 2.05) is 6.07 Å². The molecular formula is C21H51ClN10. The normalized spacial score (nSPS) is 16.0. The third-order valence-corrected chi connectivity index (χ3v) is 5.53. The van der Waals surface area contributed by atoms with E-state index < -0.39 is 0 Å². The Kier molecular flexibility index (Phi) is 15.5. The fraction of sp³-hybridized carbons (Fsp3) is 0.571. The lowest BCUT2D eigenvalue weighted by Gasteiger charge is -2.30. The number of anilines is 3. The highest BCUT2D eigenvalue weighted by Gasteiger charge is 2.21. The van der Waals surface area contributed by atoms with Crippen LogP contribution in [0.2, 0.25) is 0 Å². The number of benzene rings is 1. The van der Waals surface area contributed by atoms with Crippen LogP contribution in [0.15, 0.2) is 30.3 Å². The van der Waals surface area contributed by atoms with Crippen molar-refractivity contribution >= 4 is 30.3 Å². The van der Waals surface area contributed by atoms with Crippen molar-refractivity contribution < 1.29 is 5.71 Å². The van der Waals surface area contributed by atoms with Crippen molar-refractivity contribution in [2.75, 3.05) is 41.3 Å². The van der Waals surface area contributed by atoms with E-state index in [1.54, 1.807) is 0 Å². The summed E-state index contributed by atoms with van der Waals surface area (Å²) in [5, 5.41) is 3.50. The van der Waals surface area contributed by atoms with Crippen molar-refractivity contribution in [3.05, 3.63) is 35.9 Å². The third-order valence-electron chi connectivity index (χ3n) is 5.53. The molecule has 1 atom stereocenters. The number of piperidine rings is 2. The minimum absolute atomic E-state index is 0. The molecule has 0 aliphatic carbocycles. The largest absolute Gasteiger partial charge is 0.348 e. The lowest BCUT2D eigenvalue weighted by Crippen LogP contribution is -2.34. The zero-order chi connectivity index (χ0) is 18.5. The van der Waals surface area contributed by atoms with Crippen molar-refractivity contribution in [3.8, 4) is 0 Å². The first-order valence-corrected chi connectivity index (χ1v) is 10.4. The Labute approximate surface area is 204 Å². The summed E-state index contributed by atoms with van der Waals surface area (Å²) in [6.45, 7) is 6.31. The number of halogens is 1. The zero-order valence-corrected chi connectivity index (χ0v) is 20.3. The summed E-state index contributed by atoms with van der Waals surface area (Å²) in [6.07, 6.45) is 7.47. The molecule has 13 N–H and O–H groups in total. The van der Waals surface area contributed by atoms with Gasteiger partial charge in [-0.05, 0) is 51.0 Å². The summed E-state index contributed by atoms with van der Waals surface area (Å²) in [5.74, 6) is 2.34. The average Bonchev–Trinajstić information content (AvgIpc) is 2.75. The van der Waals surface area contributed by atoms with E-state index in [0.717, 1.165) is 38.1 Å². The molecule has 32 heavy (non-hydrogen) atoms. The van der Waals surface area contributed by atoms with Crippen LogP contribution in [-0.4, -0.2) is 41.1 Å². The van der Waals surface area contributed by atoms with Crippen LogP contribution < -0.4 is 39.7 Å². The molecule has 2 fully saturated rings. The van der Waals surface area contributed by atoms with E-state index in [9.17, 15) is 0 Å². The molecule has 1 aromatic carbocycles. The fourth-order valence-electron chi connectivity index (χ4n) is 3.91. The Morgan fingerprint density at radius 3 is 1.59 bits per heavy atom. The van der Waals surface area contributed by atoms with Crippen molar-refractivity contribution in [2.24, 2.45) is 0 Å². The van der Waals surface area contributed by atoms with Gasteiger partial charge in [-0.25, -0.2) is 0 Å². The first-order chi connectivity index (χ1) is 13.3. The van der Waals surface area contributed by atoms with Crippen LogP contribution in [0, 0.1) is 0 Å². The standard InChI is InChI=1S/C21H30N6.ClH.4H3N.4H2/c1-17(18-11-5-2-6-12-18)22-19-23-20(26-13-7-3-8-14-26)25-21(24-19)27-15-9-4-10-16-27;;;;;;;;;/h2,5-6,11-12,17H,3-4,7-10,13-16H2,1H3,(H,22,23,24,25);1H;4*1H3;4*1H. The lowest BCUT2D eigenvalue weighted by molar-refractivity contribution is 0.556. The molecule has 0 saturated carbocycles. The Hall–Kier alpha value is -2.24. The number of hydrogen-bond acceptors (Lipinski definition) is 10. The highest BCUT2D eigenvalue weighted by Crippen LogP contribution is 2.24. The predicted molar refractivity (Wildman–Crippen MR) is 146 cm³/mol. The molecule has 0 bridgehead atoms. The van der Waals surface area contributed by atoms with Crippen LogP contribution in [-0.2, 0) is 0 Å². The quantitative estimate of drug-likeness (QED) is 0.335. The molecule has 10 nitrogen and oxygen atoms in total. The van der Waals surface area contributed by atoms with Crippen molar-refractivity contribution in [1.82, 2.24) is 39.6 Å². The Morgan fingerprint density at radius 1 is 0.719 bits per heavy atom. The first kappa shape index (κ1) is 31.9. The van der Waals surface area contributed by atoms with Gasteiger partial charge >= 0.3 is 0 Å². The minimum atomic E-state index is 0. The summed E-state index contributed by atoms with van der Waals surface area (Å²) < 4.78 is 0. The molecule has 0 amide bonds. The molecule has 11 heteroatoms. The summed E-state index contributed by atoms with van der Waals surface area (Å²) in [6, 6.07) is 10.6. The van der Waals surface area contributed by atoms with Gasteiger partial charge in [-0.2, -0.15) is 15.0 Å². The van der Waals surface area contributed by atoms with Gasteiger partial charge in [-0.15, -0.1) is 12.4 Å². The van der Waals surface area contributed by atoms with Crippen molar-refractivity contribution in [1.29, 1.82) is 0 Å². The summed E-state index contributed by atoms with van der Waals surface area (Å²) in [4.78, 5) is 19.0. The SMILES string of the molecule is CC(Nc1nc(N2CCCCC2)nc(N2CCCCC2)n1)c1ccccc1.Cl.N.N.N.N.[HH].[HH].[HH].[HH]. The average molecular weight is 479 g/mol. The van der Waals surface area contributed by atoms with Crippen LogP contribution >= 0.6 is 12.4 Å². The second-order valence-corrected chi connectivity index (χ2v) is 7.63. The van der Waals surface area contributed by atoms with Crippen LogP contribution in [0.1, 0.15) is 62.8 Å². The number of aromatic nitrogens is 3. The molecule has 0 spiro atoms. The van der Waals surface area contributed by atoms with E-state index in [-0.39, 0.29) is 48.8 Å². The van der Waals surface area contributed by atoms with Crippen LogP contribution in [0.25, 0.3) is 0 Å². The van der Waals surface area contributed by atoms with E-state index in [1.165, 1.54) is 44.1 Å². The van der Waals surface area contributed by atoms with E-state index >= 15 is 0 Å². The molecule has 3 heterocycles. The molecule has 2 aliphatic rings. The van der Waals surface area contributed by atoms with Gasteiger partial charge in [0.05, 0.1) is 6.04 Å². The van der Waals surface area contributed by atoms with Gasteiger partial charge in [-0.3, -0.25) is 0 Å². The molecule has 2 aliphatic heterocycles. The molecule has 1 aromatic heterocycles. The number of nitrogens with zero attached hydrogens (tertiary/aromatic N) is 5. The van der Waals surface area contributed by atoms with Gasteiger partial charge in [0.2, 0.25) is 17.8 Å². The van der Waals surface area contributed by atoms with Gasteiger partial charge in [0, 0.05) is 31.9 Å². The van der Waals surface area contributed by atoms with E-state index in [4.69, 9.17) is 15.0 Å². The third kappa shape index (κ3) is 8.03. The molecular weight excluding hydrogens is 428 g/mol. The summed E-state index contributed by atoms with van der Waals surface area (Å²) in [5.41, 5.74) is 1.23. The summed E-state index contributed by atoms with van der Waals surface area (Å²) in [7, 11) is 0. The Balaban J connectivity index is -0.000000250.